The van der Waals surface area contributed by atoms with Gasteiger partial charge in [0.1, 0.15) is 6.10 Å². The lowest BCUT2D eigenvalue weighted by atomic mass is 9.82. The number of hydrogen-bond donors (Lipinski definition) is 2. The van der Waals surface area contributed by atoms with Gasteiger partial charge in [-0.25, -0.2) is 0 Å². The van der Waals surface area contributed by atoms with Gasteiger partial charge in [-0.15, -0.1) is 0 Å². The lowest BCUT2D eigenvalue weighted by molar-refractivity contribution is -0.109. The molecule has 2 aromatic rings. The standard InChI is InChI=1S/C29H43NO4/c1-5-6-17-29(2,3)26(31)21-34-28-25(33-20-23-15-11-8-12-16-23)18-24(27(28)30-4)32-19-22-13-9-7-10-14-22/h7-16,24-28,30-31H,5-6,17-21H2,1-4H3/t24-,25+,26?,27+,28+/m0/s1. The van der Waals surface area contributed by atoms with E-state index in [-0.39, 0.29) is 36.4 Å². The molecule has 1 aliphatic carbocycles. The van der Waals surface area contributed by atoms with Crippen molar-refractivity contribution in [2.45, 2.75) is 90.1 Å². The van der Waals surface area contributed by atoms with Crippen molar-refractivity contribution in [2.24, 2.45) is 5.41 Å². The summed E-state index contributed by atoms with van der Waals surface area (Å²) in [4.78, 5) is 0. The maximum Gasteiger partial charge on any atom is 0.102 e. The van der Waals surface area contributed by atoms with Crippen LogP contribution in [0.3, 0.4) is 0 Å². The predicted octanol–water partition coefficient (Wildman–Crippen LogP) is 5.11. The van der Waals surface area contributed by atoms with Gasteiger partial charge < -0.3 is 24.6 Å². The van der Waals surface area contributed by atoms with E-state index >= 15 is 0 Å². The van der Waals surface area contributed by atoms with E-state index in [1.54, 1.807) is 0 Å². The van der Waals surface area contributed by atoms with E-state index in [1.807, 2.05) is 43.4 Å². The third-order valence-electron chi connectivity index (χ3n) is 7.06. The van der Waals surface area contributed by atoms with E-state index in [2.05, 4.69) is 50.4 Å². The molecule has 2 N–H and O–H groups in total. The number of hydrogen-bond acceptors (Lipinski definition) is 5. The summed E-state index contributed by atoms with van der Waals surface area (Å²) < 4.78 is 19.1. The Morgan fingerprint density at radius 3 is 2.00 bits per heavy atom. The maximum atomic E-state index is 10.9. The molecule has 188 valence electrons. The van der Waals surface area contributed by atoms with Crippen molar-refractivity contribution in [3.63, 3.8) is 0 Å². The number of aliphatic hydroxyl groups excluding tert-OH is 1. The van der Waals surface area contributed by atoms with Crippen LogP contribution in [-0.2, 0) is 27.4 Å². The van der Waals surface area contributed by atoms with E-state index in [0.717, 1.165) is 36.8 Å². The SMILES string of the molecule is CCCCC(C)(C)C(O)CO[C@H]1[C@H](NC)[C@@H](OCc2ccccc2)C[C@H]1OCc1ccccc1. The first-order valence-electron chi connectivity index (χ1n) is 12.7. The van der Waals surface area contributed by atoms with Crippen LogP contribution >= 0.6 is 0 Å². The summed E-state index contributed by atoms with van der Waals surface area (Å²) in [6.07, 6.45) is 3.05. The fourth-order valence-corrected chi connectivity index (χ4v) is 4.63. The summed E-state index contributed by atoms with van der Waals surface area (Å²) >= 11 is 0. The van der Waals surface area contributed by atoms with Crippen LogP contribution in [0.15, 0.2) is 60.7 Å². The van der Waals surface area contributed by atoms with E-state index in [9.17, 15) is 5.11 Å². The molecule has 0 heterocycles. The maximum absolute atomic E-state index is 10.9. The molecule has 5 heteroatoms. The first-order chi connectivity index (χ1) is 16.4. The van der Waals surface area contributed by atoms with Gasteiger partial charge >= 0.3 is 0 Å². The van der Waals surface area contributed by atoms with Crippen molar-refractivity contribution in [3.8, 4) is 0 Å². The van der Waals surface area contributed by atoms with Crippen LogP contribution in [0.4, 0.5) is 0 Å². The second-order valence-electron chi connectivity index (χ2n) is 10.1. The Balaban J connectivity index is 1.66. The Kier molecular flexibility index (Phi) is 10.5. The molecule has 1 aliphatic rings. The fraction of sp³-hybridized carbons (Fsp3) is 0.586. The summed E-state index contributed by atoms with van der Waals surface area (Å²) in [5.41, 5.74) is 2.10. The number of aliphatic hydroxyl groups is 1. The fourth-order valence-electron chi connectivity index (χ4n) is 4.63. The van der Waals surface area contributed by atoms with Crippen LogP contribution in [0.5, 0.6) is 0 Å². The molecule has 3 rings (SSSR count). The zero-order valence-electron chi connectivity index (χ0n) is 21.3. The van der Waals surface area contributed by atoms with Crippen LogP contribution in [0.1, 0.15) is 57.6 Å². The first kappa shape index (κ1) is 26.8. The quantitative estimate of drug-likeness (QED) is 0.403. The number of ether oxygens (including phenoxy) is 3. The molecule has 0 aliphatic heterocycles. The van der Waals surface area contributed by atoms with Gasteiger partial charge in [-0.3, -0.25) is 0 Å². The average molecular weight is 470 g/mol. The lowest BCUT2D eigenvalue weighted by Gasteiger charge is -2.33. The molecular formula is C29H43NO4. The van der Waals surface area contributed by atoms with Gasteiger partial charge in [0.2, 0.25) is 0 Å². The van der Waals surface area contributed by atoms with Crippen molar-refractivity contribution in [1.82, 2.24) is 5.32 Å². The molecule has 0 bridgehead atoms. The second kappa shape index (κ2) is 13.4. The highest BCUT2D eigenvalue weighted by Crippen LogP contribution is 2.32. The monoisotopic (exact) mass is 469 g/mol. The molecule has 1 unspecified atom stereocenters. The molecule has 0 aromatic heterocycles. The highest BCUT2D eigenvalue weighted by atomic mass is 16.6. The number of likely N-dealkylation sites (N-methyl/N-ethyl adjacent to an activating group) is 1. The molecule has 5 nitrogen and oxygen atoms in total. The van der Waals surface area contributed by atoms with Gasteiger partial charge in [0.25, 0.3) is 0 Å². The molecular weight excluding hydrogens is 426 g/mol. The highest BCUT2D eigenvalue weighted by Gasteiger charge is 2.45. The van der Waals surface area contributed by atoms with Crippen LogP contribution in [0, 0.1) is 5.41 Å². The highest BCUT2D eigenvalue weighted by molar-refractivity contribution is 5.15. The Bertz CT molecular complexity index is 813. The summed E-state index contributed by atoms with van der Waals surface area (Å²) in [6, 6.07) is 20.4. The molecule has 1 fully saturated rings. The minimum absolute atomic E-state index is 0.0181. The third-order valence-corrected chi connectivity index (χ3v) is 7.06. The Morgan fingerprint density at radius 1 is 0.912 bits per heavy atom. The molecule has 2 aromatic carbocycles. The second-order valence-corrected chi connectivity index (χ2v) is 10.1. The van der Waals surface area contributed by atoms with Gasteiger partial charge in [-0.1, -0.05) is 94.3 Å². The summed E-state index contributed by atoms with van der Waals surface area (Å²) in [6.45, 7) is 7.79. The molecule has 0 spiro atoms. The van der Waals surface area contributed by atoms with Gasteiger partial charge in [0.15, 0.2) is 0 Å². The Morgan fingerprint density at radius 2 is 1.47 bits per heavy atom. The molecule has 0 saturated heterocycles. The summed E-state index contributed by atoms with van der Waals surface area (Å²) in [5, 5.41) is 14.3. The molecule has 5 atom stereocenters. The minimum Gasteiger partial charge on any atom is -0.390 e. The molecule has 0 amide bonds. The van der Waals surface area contributed by atoms with Crippen LogP contribution in [0.25, 0.3) is 0 Å². The van der Waals surface area contributed by atoms with Crippen molar-refractivity contribution >= 4 is 0 Å². The number of unbranched alkanes of at least 4 members (excludes halogenated alkanes) is 1. The molecule has 34 heavy (non-hydrogen) atoms. The van der Waals surface area contributed by atoms with Gasteiger partial charge in [0.05, 0.1) is 44.2 Å². The Labute approximate surface area is 205 Å². The topological polar surface area (TPSA) is 60.0 Å². The number of benzene rings is 2. The van der Waals surface area contributed by atoms with Gasteiger partial charge in [-0.2, -0.15) is 0 Å². The first-order valence-corrected chi connectivity index (χ1v) is 12.7. The zero-order chi connectivity index (χ0) is 24.4. The molecule has 1 saturated carbocycles. The van der Waals surface area contributed by atoms with E-state index < -0.39 is 6.10 Å². The smallest absolute Gasteiger partial charge is 0.102 e. The zero-order valence-corrected chi connectivity index (χ0v) is 21.3. The Hall–Kier alpha value is -1.76. The van der Waals surface area contributed by atoms with Gasteiger partial charge in [-0.05, 0) is 30.0 Å². The van der Waals surface area contributed by atoms with Crippen molar-refractivity contribution in [3.05, 3.63) is 71.8 Å². The van der Waals surface area contributed by atoms with Crippen molar-refractivity contribution in [2.75, 3.05) is 13.7 Å². The van der Waals surface area contributed by atoms with Crippen molar-refractivity contribution in [1.29, 1.82) is 0 Å². The van der Waals surface area contributed by atoms with Crippen LogP contribution in [0.2, 0.25) is 0 Å². The predicted molar refractivity (Wildman–Crippen MR) is 137 cm³/mol. The molecule has 0 radical (unpaired) electrons. The van der Waals surface area contributed by atoms with Crippen LogP contribution < -0.4 is 5.32 Å². The van der Waals surface area contributed by atoms with Gasteiger partial charge in [0, 0.05) is 6.42 Å². The van der Waals surface area contributed by atoms with Crippen LogP contribution in [-0.4, -0.2) is 49.2 Å². The normalized spacial score (nSPS) is 23.8. The van der Waals surface area contributed by atoms with E-state index in [4.69, 9.17) is 14.2 Å². The number of rotatable bonds is 14. The lowest BCUT2D eigenvalue weighted by Crippen LogP contribution is -2.47. The van der Waals surface area contributed by atoms with Crippen molar-refractivity contribution < 1.29 is 19.3 Å². The average Bonchev–Trinajstić information content (AvgIpc) is 3.21. The summed E-state index contributed by atoms with van der Waals surface area (Å²) in [5.74, 6) is 0. The van der Waals surface area contributed by atoms with E-state index in [1.165, 1.54) is 0 Å². The number of nitrogens with one attached hydrogen (secondary N) is 1. The summed E-state index contributed by atoms with van der Waals surface area (Å²) in [7, 11) is 1.95. The largest absolute Gasteiger partial charge is 0.390 e. The minimum atomic E-state index is -0.532. The van der Waals surface area contributed by atoms with E-state index in [0.29, 0.717) is 13.2 Å². The third kappa shape index (κ3) is 7.62.